The molecule has 0 bridgehead atoms. The second kappa shape index (κ2) is 6.64. The fraction of sp³-hybridized carbons (Fsp3) is 0.857. The van der Waals surface area contributed by atoms with Gasteiger partial charge in [0.25, 0.3) is 0 Å². The highest BCUT2D eigenvalue weighted by Gasteiger charge is 2.35. The summed E-state index contributed by atoms with van der Waals surface area (Å²) in [5.41, 5.74) is 0. The maximum absolute atomic E-state index is 12.3. The van der Waals surface area contributed by atoms with Crippen LogP contribution in [0.15, 0.2) is 0 Å². The van der Waals surface area contributed by atoms with Gasteiger partial charge in [-0.1, -0.05) is 12.8 Å². The molecule has 5 heteroatoms. The molecule has 0 aromatic rings. The van der Waals surface area contributed by atoms with E-state index < -0.39 is 0 Å². The molecule has 1 heterocycles. The lowest BCUT2D eigenvalue weighted by molar-refractivity contribution is -0.129. The zero-order valence-electron chi connectivity index (χ0n) is 11.9. The van der Waals surface area contributed by atoms with Gasteiger partial charge in [-0.05, 0) is 26.0 Å². The Bertz CT molecular complexity index is 348. The normalized spacial score (nSPS) is 31.6. The fourth-order valence-corrected chi connectivity index (χ4v) is 4.03. The summed E-state index contributed by atoms with van der Waals surface area (Å²) in [6.07, 6.45) is 7.24. The van der Waals surface area contributed by atoms with Crippen LogP contribution in [0, 0.1) is 5.92 Å². The van der Waals surface area contributed by atoms with E-state index >= 15 is 0 Å². The topological polar surface area (TPSA) is 49.4 Å². The molecule has 0 radical (unpaired) electrons. The van der Waals surface area contributed by atoms with Crippen LogP contribution >= 0.6 is 11.8 Å². The highest BCUT2D eigenvalue weighted by molar-refractivity contribution is 7.99. The van der Waals surface area contributed by atoms with Gasteiger partial charge in [0.1, 0.15) is 0 Å². The fourth-order valence-electron chi connectivity index (χ4n) is 3.10. The van der Waals surface area contributed by atoms with Gasteiger partial charge in [0.05, 0.1) is 5.92 Å². The number of nitrogens with one attached hydrogen (secondary N) is 1. The van der Waals surface area contributed by atoms with Crippen molar-refractivity contribution in [3.05, 3.63) is 0 Å². The Hall–Kier alpha value is -0.710. The van der Waals surface area contributed by atoms with Gasteiger partial charge in [0.2, 0.25) is 11.8 Å². The monoisotopic (exact) mass is 284 g/mol. The Balaban J connectivity index is 1.88. The molecule has 2 amide bonds. The third-order valence-electron chi connectivity index (χ3n) is 4.30. The van der Waals surface area contributed by atoms with E-state index in [1.54, 1.807) is 4.90 Å². The van der Waals surface area contributed by atoms with E-state index in [4.69, 9.17) is 0 Å². The van der Waals surface area contributed by atoms with Crippen LogP contribution in [0.2, 0.25) is 0 Å². The molecular formula is C14H24N2O2S. The molecule has 108 valence electrons. The highest BCUT2D eigenvalue weighted by Crippen LogP contribution is 2.28. The minimum Gasteiger partial charge on any atom is -0.352 e. The zero-order chi connectivity index (χ0) is 13.8. The molecule has 3 atom stereocenters. The average molecular weight is 284 g/mol. The summed E-state index contributed by atoms with van der Waals surface area (Å²) >= 11 is 1.85. The lowest BCUT2D eigenvalue weighted by Crippen LogP contribution is -2.46. The largest absolute Gasteiger partial charge is 0.352 e. The molecule has 0 aromatic carbocycles. The number of thioether (sulfide) groups is 1. The maximum Gasteiger partial charge on any atom is 0.225 e. The second-order valence-electron chi connectivity index (χ2n) is 5.51. The first kappa shape index (κ1) is 14.7. The lowest BCUT2D eigenvalue weighted by atomic mass is 9.94. The number of amides is 2. The summed E-state index contributed by atoms with van der Waals surface area (Å²) in [6.45, 7) is 3.26. The van der Waals surface area contributed by atoms with Gasteiger partial charge < -0.3 is 10.2 Å². The number of nitrogens with zero attached hydrogens (tertiary/aromatic N) is 1. The van der Waals surface area contributed by atoms with E-state index in [0.717, 1.165) is 6.42 Å². The summed E-state index contributed by atoms with van der Waals surface area (Å²) in [7, 11) is 0. The number of carbonyl (C=O) groups is 2. The number of hydrogen-bond donors (Lipinski definition) is 1. The zero-order valence-corrected chi connectivity index (χ0v) is 12.7. The smallest absolute Gasteiger partial charge is 0.225 e. The molecule has 4 nitrogen and oxygen atoms in total. The number of hydrogen-bond acceptors (Lipinski definition) is 3. The summed E-state index contributed by atoms with van der Waals surface area (Å²) in [5.74, 6) is 0.0554. The molecule has 1 saturated heterocycles. The predicted octanol–water partition coefficient (Wildman–Crippen LogP) is 1.65. The first-order valence-electron chi connectivity index (χ1n) is 7.26. The van der Waals surface area contributed by atoms with Gasteiger partial charge in [0.15, 0.2) is 0 Å². The van der Waals surface area contributed by atoms with Crippen molar-refractivity contribution in [1.82, 2.24) is 10.2 Å². The Morgan fingerprint density at radius 3 is 2.79 bits per heavy atom. The quantitative estimate of drug-likeness (QED) is 0.854. The minimum absolute atomic E-state index is 0.0789. The van der Waals surface area contributed by atoms with E-state index in [2.05, 4.69) is 11.6 Å². The average Bonchev–Trinajstić information content (AvgIpc) is 2.80. The van der Waals surface area contributed by atoms with Gasteiger partial charge >= 0.3 is 0 Å². The van der Waals surface area contributed by atoms with Gasteiger partial charge in [0, 0.05) is 30.8 Å². The van der Waals surface area contributed by atoms with Gasteiger partial charge in [-0.25, -0.2) is 0 Å². The summed E-state index contributed by atoms with van der Waals surface area (Å²) in [4.78, 5) is 25.7. The van der Waals surface area contributed by atoms with Crippen molar-refractivity contribution in [3.63, 3.8) is 0 Å². The number of rotatable bonds is 4. The van der Waals surface area contributed by atoms with Crippen LogP contribution in [0.3, 0.4) is 0 Å². The van der Waals surface area contributed by atoms with E-state index in [-0.39, 0.29) is 17.7 Å². The van der Waals surface area contributed by atoms with Crippen molar-refractivity contribution < 1.29 is 9.59 Å². The number of carbonyl (C=O) groups excluding carboxylic acids is 2. The predicted molar refractivity (Wildman–Crippen MR) is 78.1 cm³/mol. The molecule has 2 fully saturated rings. The van der Waals surface area contributed by atoms with E-state index in [0.29, 0.717) is 30.8 Å². The van der Waals surface area contributed by atoms with Crippen molar-refractivity contribution in [3.8, 4) is 0 Å². The maximum atomic E-state index is 12.3. The molecule has 1 N–H and O–H groups in total. The van der Waals surface area contributed by atoms with Crippen LogP contribution in [-0.2, 0) is 9.59 Å². The Labute approximate surface area is 119 Å². The van der Waals surface area contributed by atoms with Gasteiger partial charge in [-0.2, -0.15) is 11.8 Å². The molecule has 1 aliphatic heterocycles. The minimum atomic E-state index is -0.142. The Morgan fingerprint density at radius 1 is 1.42 bits per heavy atom. The van der Waals surface area contributed by atoms with Crippen molar-refractivity contribution in [2.45, 2.75) is 50.3 Å². The van der Waals surface area contributed by atoms with Gasteiger partial charge in [-0.3, -0.25) is 9.59 Å². The Morgan fingerprint density at radius 2 is 2.16 bits per heavy atom. The first-order valence-corrected chi connectivity index (χ1v) is 8.55. The molecule has 1 saturated carbocycles. The van der Waals surface area contributed by atoms with Crippen molar-refractivity contribution in [2.75, 3.05) is 19.3 Å². The molecule has 2 rings (SSSR count). The number of likely N-dealkylation sites (tertiary alicyclic amines) is 1. The van der Waals surface area contributed by atoms with Gasteiger partial charge in [-0.15, -0.1) is 0 Å². The standard InChI is InChI=1S/C14H24N2O2S/c1-3-16-9-10(8-13(16)17)14(18)15-11-6-4-5-7-12(11)19-2/h10-12H,3-9H2,1-2H3,(H,15,18)/t10-,11-,12-/m0/s1. The van der Waals surface area contributed by atoms with E-state index in [9.17, 15) is 9.59 Å². The van der Waals surface area contributed by atoms with Crippen LogP contribution < -0.4 is 5.32 Å². The molecule has 0 aromatic heterocycles. The van der Waals surface area contributed by atoms with E-state index in [1.807, 2.05) is 18.7 Å². The van der Waals surface area contributed by atoms with E-state index in [1.165, 1.54) is 19.3 Å². The Kier molecular flexibility index (Phi) is 5.13. The second-order valence-corrected chi connectivity index (χ2v) is 6.58. The lowest BCUT2D eigenvalue weighted by Gasteiger charge is -2.31. The third-order valence-corrected chi connectivity index (χ3v) is 5.47. The summed E-state index contributed by atoms with van der Waals surface area (Å²) in [6, 6.07) is 0.294. The third kappa shape index (κ3) is 3.44. The summed E-state index contributed by atoms with van der Waals surface area (Å²) in [5, 5.41) is 3.73. The van der Waals surface area contributed by atoms with Crippen LogP contribution in [0.5, 0.6) is 0 Å². The van der Waals surface area contributed by atoms with Crippen molar-refractivity contribution in [1.29, 1.82) is 0 Å². The summed E-state index contributed by atoms with van der Waals surface area (Å²) < 4.78 is 0. The van der Waals surface area contributed by atoms with Crippen molar-refractivity contribution >= 4 is 23.6 Å². The molecular weight excluding hydrogens is 260 g/mol. The molecule has 1 aliphatic carbocycles. The van der Waals surface area contributed by atoms with Crippen LogP contribution in [0.25, 0.3) is 0 Å². The molecule has 2 aliphatic rings. The van der Waals surface area contributed by atoms with Crippen LogP contribution in [0.4, 0.5) is 0 Å². The van der Waals surface area contributed by atoms with Crippen molar-refractivity contribution in [2.24, 2.45) is 5.92 Å². The molecule has 0 unspecified atom stereocenters. The van der Waals surface area contributed by atoms with Crippen LogP contribution in [0.1, 0.15) is 39.0 Å². The van der Waals surface area contributed by atoms with Crippen LogP contribution in [-0.4, -0.2) is 47.4 Å². The highest BCUT2D eigenvalue weighted by atomic mass is 32.2. The molecule has 0 spiro atoms. The molecule has 19 heavy (non-hydrogen) atoms. The SMILES string of the molecule is CCN1C[C@@H](C(=O)N[C@H]2CCCC[C@@H]2SC)CC1=O. The first-order chi connectivity index (χ1) is 9.15.